The molecule has 0 aliphatic carbocycles. The zero-order valence-electron chi connectivity index (χ0n) is 14.5. The third kappa shape index (κ3) is 5.61. The fraction of sp³-hybridized carbons (Fsp3) is 0.136. The Labute approximate surface area is 165 Å². The molecule has 0 spiro atoms. The Hall–Kier alpha value is -2.30. The van der Waals surface area contributed by atoms with E-state index < -0.39 is 0 Å². The first-order valence-electron chi connectivity index (χ1n) is 8.65. The van der Waals surface area contributed by atoms with E-state index in [9.17, 15) is 0 Å². The number of thiocarbonyl (C=S) groups is 1. The molecule has 0 amide bonds. The molecule has 0 atom stereocenters. The second-order valence-corrected chi connectivity index (χ2v) is 7.36. The summed E-state index contributed by atoms with van der Waals surface area (Å²) in [6, 6.07) is 31.2. The molecule has 0 unspecified atom stereocenters. The van der Waals surface area contributed by atoms with Crippen molar-refractivity contribution in [3.05, 3.63) is 96.6 Å². The molecule has 0 radical (unpaired) electrons. The first-order chi connectivity index (χ1) is 12.8. The number of para-hydroxylation sites is 1. The van der Waals surface area contributed by atoms with Gasteiger partial charge in [0.1, 0.15) is 0 Å². The summed E-state index contributed by atoms with van der Waals surface area (Å²) in [7, 11) is 0. The Morgan fingerprint density at radius 2 is 1.38 bits per heavy atom. The summed E-state index contributed by atoms with van der Waals surface area (Å²) in [5, 5.41) is 4.17. The van der Waals surface area contributed by atoms with Gasteiger partial charge in [0.25, 0.3) is 0 Å². The fourth-order valence-corrected chi connectivity index (χ4v) is 3.65. The van der Waals surface area contributed by atoms with Gasteiger partial charge < -0.3 is 10.2 Å². The van der Waals surface area contributed by atoms with Gasteiger partial charge in [0.2, 0.25) is 0 Å². The SMILES string of the molecule is S=C(NCCSc1ccccc1)N(Cc1ccccc1)c1ccccc1. The van der Waals surface area contributed by atoms with E-state index in [1.807, 2.05) is 42.1 Å². The van der Waals surface area contributed by atoms with Gasteiger partial charge in [-0.2, -0.15) is 0 Å². The van der Waals surface area contributed by atoms with Gasteiger partial charge in [0.15, 0.2) is 5.11 Å². The van der Waals surface area contributed by atoms with Gasteiger partial charge in [-0.25, -0.2) is 0 Å². The summed E-state index contributed by atoms with van der Waals surface area (Å²) in [6.45, 7) is 1.58. The van der Waals surface area contributed by atoms with Gasteiger partial charge in [-0.05, 0) is 42.0 Å². The third-order valence-corrected chi connectivity index (χ3v) is 5.27. The lowest BCUT2D eigenvalue weighted by Gasteiger charge is -2.26. The second kappa shape index (κ2) is 10.00. The number of anilines is 1. The Morgan fingerprint density at radius 3 is 2.04 bits per heavy atom. The molecule has 4 heteroatoms. The van der Waals surface area contributed by atoms with Crippen LogP contribution in [0.4, 0.5) is 5.69 Å². The minimum Gasteiger partial charge on any atom is -0.361 e. The molecular formula is C22H22N2S2. The van der Waals surface area contributed by atoms with Crippen molar-refractivity contribution in [2.45, 2.75) is 11.4 Å². The van der Waals surface area contributed by atoms with Crippen molar-refractivity contribution in [1.29, 1.82) is 0 Å². The second-order valence-electron chi connectivity index (χ2n) is 5.80. The molecule has 26 heavy (non-hydrogen) atoms. The normalized spacial score (nSPS) is 10.3. The van der Waals surface area contributed by atoms with Gasteiger partial charge in [-0.1, -0.05) is 66.7 Å². The van der Waals surface area contributed by atoms with Gasteiger partial charge >= 0.3 is 0 Å². The number of hydrogen-bond donors (Lipinski definition) is 1. The van der Waals surface area contributed by atoms with Crippen molar-refractivity contribution >= 4 is 34.8 Å². The summed E-state index contributed by atoms with van der Waals surface area (Å²) in [4.78, 5) is 3.43. The molecule has 0 saturated heterocycles. The maximum Gasteiger partial charge on any atom is 0.173 e. The lowest BCUT2D eigenvalue weighted by atomic mass is 10.2. The zero-order chi connectivity index (χ0) is 18.0. The third-order valence-electron chi connectivity index (χ3n) is 3.89. The monoisotopic (exact) mass is 378 g/mol. The molecule has 0 bridgehead atoms. The Kier molecular flexibility index (Phi) is 7.11. The maximum atomic E-state index is 5.69. The summed E-state index contributed by atoms with van der Waals surface area (Å²) in [6.07, 6.45) is 0. The van der Waals surface area contributed by atoms with Crippen molar-refractivity contribution < 1.29 is 0 Å². The van der Waals surface area contributed by atoms with Gasteiger partial charge in [-0.3, -0.25) is 0 Å². The van der Waals surface area contributed by atoms with Gasteiger partial charge in [-0.15, -0.1) is 11.8 Å². The van der Waals surface area contributed by atoms with Gasteiger partial charge in [0.05, 0.1) is 6.54 Å². The Balaban J connectivity index is 1.59. The molecule has 0 aromatic heterocycles. The van der Waals surface area contributed by atoms with Crippen LogP contribution in [-0.2, 0) is 6.54 Å². The molecule has 0 aliphatic rings. The average Bonchev–Trinajstić information content (AvgIpc) is 2.71. The van der Waals surface area contributed by atoms with Crippen LogP contribution in [0.5, 0.6) is 0 Å². The van der Waals surface area contributed by atoms with E-state index in [4.69, 9.17) is 12.2 Å². The lowest BCUT2D eigenvalue weighted by molar-refractivity contribution is 0.917. The molecule has 0 fully saturated rings. The van der Waals surface area contributed by atoms with Crippen LogP contribution in [0.25, 0.3) is 0 Å². The summed E-state index contributed by atoms with van der Waals surface area (Å²) < 4.78 is 0. The molecule has 132 valence electrons. The predicted octanol–water partition coefficient (Wildman–Crippen LogP) is 5.36. The van der Waals surface area contributed by atoms with E-state index in [1.54, 1.807) is 0 Å². The van der Waals surface area contributed by atoms with Crippen molar-refractivity contribution in [1.82, 2.24) is 5.32 Å². The fourth-order valence-electron chi connectivity index (χ4n) is 2.59. The van der Waals surface area contributed by atoms with Crippen LogP contribution >= 0.6 is 24.0 Å². The van der Waals surface area contributed by atoms with E-state index in [1.165, 1.54) is 10.5 Å². The molecule has 0 saturated carbocycles. The maximum absolute atomic E-state index is 5.69. The van der Waals surface area contributed by atoms with Crippen LogP contribution in [-0.4, -0.2) is 17.4 Å². The molecule has 3 aromatic carbocycles. The minimum atomic E-state index is 0.752. The van der Waals surface area contributed by atoms with E-state index >= 15 is 0 Å². The lowest BCUT2D eigenvalue weighted by Crippen LogP contribution is -2.40. The average molecular weight is 379 g/mol. The molecule has 2 nitrogen and oxygen atoms in total. The number of nitrogens with zero attached hydrogens (tertiary/aromatic N) is 1. The summed E-state index contributed by atoms with van der Waals surface area (Å²) >= 11 is 7.53. The molecule has 0 aliphatic heterocycles. The van der Waals surface area contributed by atoms with Gasteiger partial charge in [0, 0.05) is 22.9 Å². The smallest absolute Gasteiger partial charge is 0.173 e. The van der Waals surface area contributed by atoms with Crippen LogP contribution in [0.2, 0.25) is 0 Å². The van der Waals surface area contributed by atoms with Crippen molar-refractivity contribution in [2.75, 3.05) is 17.2 Å². The van der Waals surface area contributed by atoms with Crippen LogP contribution in [0.1, 0.15) is 5.56 Å². The molecule has 3 rings (SSSR count). The van der Waals surface area contributed by atoms with Crippen LogP contribution in [0.15, 0.2) is 95.9 Å². The Morgan fingerprint density at radius 1 is 0.808 bits per heavy atom. The zero-order valence-corrected chi connectivity index (χ0v) is 16.2. The quantitative estimate of drug-likeness (QED) is 0.338. The highest BCUT2D eigenvalue weighted by atomic mass is 32.2. The van der Waals surface area contributed by atoms with Crippen LogP contribution in [0, 0.1) is 0 Å². The molecule has 3 aromatic rings. The number of rotatable bonds is 7. The summed E-state index contributed by atoms with van der Waals surface area (Å²) in [5.74, 6) is 0.970. The van der Waals surface area contributed by atoms with E-state index in [0.717, 1.165) is 29.6 Å². The number of benzene rings is 3. The van der Waals surface area contributed by atoms with E-state index in [0.29, 0.717) is 0 Å². The number of thioether (sulfide) groups is 1. The van der Waals surface area contributed by atoms with E-state index in [-0.39, 0.29) is 0 Å². The minimum absolute atomic E-state index is 0.752. The highest BCUT2D eigenvalue weighted by Crippen LogP contribution is 2.18. The number of nitrogens with one attached hydrogen (secondary N) is 1. The van der Waals surface area contributed by atoms with Crippen molar-refractivity contribution in [2.24, 2.45) is 0 Å². The highest BCUT2D eigenvalue weighted by Gasteiger charge is 2.12. The molecule has 0 heterocycles. The standard InChI is InChI=1S/C22H22N2S2/c25-22(23-16-17-26-21-14-8-3-9-15-21)24(20-12-6-2-7-13-20)18-19-10-4-1-5-11-19/h1-15H,16-18H2,(H,23,25). The Bertz CT molecular complexity index is 792. The van der Waals surface area contributed by atoms with Crippen molar-refractivity contribution in [3.8, 4) is 0 Å². The van der Waals surface area contributed by atoms with Crippen molar-refractivity contribution in [3.63, 3.8) is 0 Å². The predicted molar refractivity (Wildman–Crippen MR) is 117 cm³/mol. The van der Waals surface area contributed by atoms with Crippen LogP contribution in [0.3, 0.4) is 0 Å². The number of hydrogen-bond acceptors (Lipinski definition) is 2. The highest BCUT2D eigenvalue weighted by molar-refractivity contribution is 7.99. The first-order valence-corrected chi connectivity index (χ1v) is 10.0. The first kappa shape index (κ1) is 18.5. The topological polar surface area (TPSA) is 15.3 Å². The van der Waals surface area contributed by atoms with Crippen LogP contribution < -0.4 is 10.2 Å². The van der Waals surface area contributed by atoms with E-state index in [2.05, 4.69) is 70.9 Å². The largest absolute Gasteiger partial charge is 0.361 e. The molecular weight excluding hydrogens is 356 g/mol. The summed E-state index contributed by atoms with van der Waals surface area (Å²) in [5.41, 5.74) is 2.34. The molecule has 1 N–H and O–H groups in total.